The molecule has 0 fully saturated rings. The first-order chi connectivity index (χ1) is 8.71. The number of hydrogen-bond donors (Lipinski definition) is 1. The van der Waals surface area contributed by atoms with E-state index in [1.807, 2.05) is 0 Å². The van der Waals surface area contributed by atoms with Crippen molar-refractivity contribution in [2.24, 2.45) is 0 Å². The fourth-order valence-corrected chi connectivity index (χ4v) is 2.42. The van der Waals surface area contributed by atoms with Crippen LogP contribution in [0.1, 0.15) is 43.9 Å². The van der Waals surface area contributed by atoms with Crippen molar-refractivity contribution in [3.8, 4) is 0 Å². The maximum Gasteiger partial charge on any atom is 0.0329 e. The lowest BCUT2D eigenvalue weighted by atomic mass is 10.0. The van der Waals surface area contributed by atoms with E-state index >= 15 is 0 Å². The molecule has 1 atom stereocenters. The van der Waals surface area contributed by atoms with Gasteiger partial charge >= 0.3 is 0 Å². The molecule has 1 aromatic rings. The van der Waals surface area contributed by atoms with Crippen LogP contribution in [-0.4, -0.2) is 31.6 Å². The van der Waals surface area contributed by atoms with Gasteiger partial charge in [-0.25, -0.2) is 0 Å². The molecule has 2 heteroatoms. The number of benzene rings is 1. The molecule has 102 valence electrons. The fraction of sp³-hybridized carbons (Fsp3) is 0.625. The molecule has 0 radical (unpaired) electrons. The zero-order chi connectivity index (χ0) is 13.4. The van der Waals surface area contributed by atoms with Gasteiger partial charge < -0.3 is 10.2 Å². The topological polar surface area (TPSA) is 15.3 Å². The van der Waals surface area contributed by atoms with Crippen molar-refractivity contribution < 1.29 is 0 Å². The summed E-state index contributed by atoms with van der Waals surface area (Å²) >= 11 is 0. The van der Waals surface area contributed by atoms with Gasteiger partial charge in [0.1, 0.15) is 0 Å². The van der Waals surface area contributed by atoms with Gasteiger partial charge in [0.2, 0.25) is 0 Å². The van der Waals surface area contributed by atoms with Crippen molar-refractivity contribution in [3.05, 3.63) is 35.4 Å². The van der Waals surface area contributed by atoms with E-state index in [1.165, 1.54) is 37.1 Å². The second-order valence-corrected chi connectivity index (χ2v) is 4.98. The van der Waals surface area contributed by atoms with E-state index < -0.39 is 0 Å². The normalized spacial score (nSPS) is 12.9. The Balaban J connectivity index is 2.56. The Kier molecular flexibility index (Phi) is 6.99. The summed E-state index contributed by atoms with van der Waals surface area (Å²) in [5.41, 5.74) is 2.75. The number of nitrogens with zero attached hydrogens (tertiary/aromatic N) is 1. The number of rotatable bonds is 8. The number of aryl methyl sites for hydroxylation is 1. The van der Waals surface area contributed by atoms with Gasteiger partial charge in [0.15, 0.2) is 0 Å². The molecule has 0 aliphatic rings. The molecule has 0 amide bonds. The first-order valence-corrected chi connectivity index (χ1v) is 7.17. The van der Waals surface area contributed by atoms with Crippen LogP contribution in [0.3, 0.4) is 0 Å². The Morgan fingerprint density at radius 2 is 2.00 bits per heavy atom. The summed E-state index contributed by atoms with van der Waals surface area (Å²) in [5.74, 6) is 0. The van der Waals surface area contributed by atoms with Gasteiger partial charge in [0, 0.05) is 6.04 Å². The lowest BCUT2D eigenvalue weighted by Crippen LogP contribution is -2.29. The second-order valence-electron chi connectivity index (χ2n) is 4.98. The average Bonchev–Trinajstić information content (AvgIpc) is 2.38. The summed E-state index contributed by atoms with van der Waals surface area (Å²) in [6.07, 6.45) is 2.41. The van der Waals surface area contributed by atoms with Gasteiger partial charge in [-0.05, 0) is 52.0 Å². The Labute approximate surface area is 112 Å². The van der Waals surface area contributed by atoms with Crippen LogP contribution in [0, 0.1) is 6.92 Å². The minimum atomic E-state index is 0.468. The highest BCUT2D eigenvalue weighted by Gasteiger charge is 2.11. The second kappa shape index (κ2) is 8.28. The summed E-state index contributed by atoms with van der Waals surface area (Å²) in [5, 5.41) is 3.44. The molecule has 0 aliphatic heterocycles. The largest absolute Gasteiger partial charge is 0.313 e. The van der Waals surface area contributed by atoms with E-state index in [0.717, 1.165) is 6.54 Å². The molecular weight excluding hydrogens is 220 g/mol. The molecule has 1 N–H and O–H groups in total. The van der Waals surface area contributed by atoms with Gasteiger partial charge in [-0.1, -0.05) is 43.7 Å². The third-order valence-corrected chi connectivity index (χ3v) is 3.51. The van der Waals surface area contributed by atoms with Crippen LogP contribution < -0.4 is 5.32 Å². The third kappa shape index (κ3) is 4.79. The molecule has 2 nitrogen and oxygen atoms in total. The lowest BCUT2D eigenvalue weighted by molar-refractivity contribution is 0.271. The van der Waals surface area contributed by atoms with E-state index in [0.29, 0.717) is 6.04 Å². The smallest absolute Gasteiger partial charge is 0.0329 e. The maximum atomic E-state index is 3.44. The van der Waals surface area contributed by atoms with Crippen molar-refractivity contribution in [2.75, 3.05) is 26.7 Å². The highest BCUT2D eigenvalue weighted by Crippen LogP contribution is 2.18. The van der Waals surface area contributed by atoms with E-state index in [9.17, 15) is 0 Å². The molecule has 0 spiro atoms. The van der Waals surface area contributed by atoms with Crippen LogP contribution in [0.25, 0.3) is 0 Å². The van der Waals surface area contributed by atoms with E-state index in [-0.39, 0.29) is 0 Å². The summed E-state index contributed by atoms with van der Waals surface area (Å²) in [6, 6.07) is 9.29. The minimum Gasteiger partial charge on any atom is -0.313 e. The van der Waals surface area contributed by atoms with Gasteiger partial charge in [0.05, 0.1) is 0 Å². The SMILES string of the molecule is CCCN(CC)CCC(NC)c1cccc(C)c1. The predicted molar refractivity (Wildman–Crippen MR) is 80.0 cm³/mol. The molecule has 0 saturated carbocycles. The Morgan fingerprint density at radius 1 is 1.22 bits per heavy atom. The maximum absolute atomic E-state index is 3.44. The summed E-state index contributed by atoms with van der Waals surface area (Å²) < 4.78 is 0. The molecular formula is C16H28N2. The first kappa shape index (κ1) is 15.2. The van der Waals surface area contributed by atoms with Gasteiger partial charge in [0.25, 0.3) is 0 Å². The molecule has 1 unspecified atom stereocenters. The number of hydrogen-bond acceptors (Lipinski definition) is 2. The summed E-state index contributed by atoms with van der Waals surface area (Å²) in [4.78, 5) is 2.53. The monoisotopic (exact) mass is 248 g/mol. The first-order valence-electron chi connectivity index (χ1n) is 7.17. The predicted octanol–water partition coefficient (Wildman–Crippen LogP) is 3.38. The van der Waals surface area contributed by atoms with Crippen LogP contribution in [0.5, 0.6) is 0 Å². The summed E-state index contributed by atoms with van der Waals surface area (Å²) in [6.45, 7) is 10.2. The van der Waals surface area contributed by atoms with Crippen LogP contribution in [0.4, 0.5) is 0 Å². The van der Waals surface area contributed by atoms with Crippen LogP contribution >= 0.6 is 0 Å². The summed E-state index contributed by atoms with van der Waals surface area (Å²) in [7, 11) is 2.06. The highest BCUT2D eigenvalue weighted by molar-refractivity contribution is 5.25. The van der Waals surface area contributed by atoms with Gasteiger partial charge in [-0.15, -0.1) is 0 Å². The van der Waals surface area contributed by atoms with Crippen molar-refractivity contribution in [3.63, 3.8) is 0 Å². The lowest BCUT2D eigenvalue weighted by Gasteiger charge is -2.23. The van der Waals surface area contributed by atoms with Crippen molar-refractivity contribution in [1.82, 2.24) is 10.2 Å². The van der Waals surface area contributed by atoms with Crippen molar-refractivity contribution in [1.29, 1.82) is 0 Å². The Bertz CT molecular complexity index is 336. The highest BCUT2D eigenvalue weighted by atomic mass is 15.1. The standard InChI is InChI=1S/C16H28N2/c1-5-11-18(6-2)12-10-16(17-4)15-9-7-8-14(3)13-15/h7-9,13,16-17H,5-6,10-12H2,1-4H3. The number of nitrogens with one attached hydrogen (secondary N) is 1. The minimum absolute atomic E-state index is 0.468. The molecule has 0 aromatic heterocycles. The molecule has 18 heavy (non-hydrogen) atoms. The van der Waals surface area contributed by atoms with E-state index in [1.54, 1.807) is 0 Å². The quantitative estimate of drug-likeness (QED) is 0.759. The zero-order valence-electron chi connectivity index (χ0n) is 12.4. The van der Waals surface area contributed by atoms with Crippen LogP contribution in [0.2, 0.25) is 0 Å². The Morgan fingerprint density at radius 3 is 2.56 bits per heavy atom. The molecule has 1 rings (SSSR count). The molecule has 0 heterocycles. The van der Waals surface area contributed by atoms with Crippen molar-refractivity contribution in [2.45, 2.75) is 39.7 Å². The van der Waals surface area contributed by atoms with Crippen LogP contribution in [-0.2, 0) is 0 Å². The molecule has 0 aliphatic carbocycles. The average molecular weight is 248 g/mol. The Hall–Kier alpha value is -0.860. The molecule has 0 bridgehead atoms. The van der Waals surface area contributed by atoms with Gasteiger partial charge in [-0.2, -0.15) is 0 Å². The third-order valence-electron chi connectivity index (χ3n) is 3.51. The van der Waals surface area contributed by atoms with Gasteiger partial charge in [-0.3, -0.25) is 0 Å². The van der Waals surface area contributed by atoms with Crippen molar-refractivity contribution >= 4 is 0 Å². The molecule has 1 aromatic carbocycles. The van der Waals surface area contributed by atoms with E-state index in [2.05, 4.69) is 62.3 Å². The zero-order valence-corrected chi connectivity index (χ0v) is 12.4. The fourth-order valence-electron chi connectivity index (χ4n) is 2.42. The molecule has 0 saturated heterocycles. The van der Waals surface area contributed by atoms with Crippen LogP contribution in [0.15, 0.2) is 24.3 Å². The van der Waals surface area contributed by atoms with E-state index in [4.69, 9.17) is 0 Å².